The summed E-state index contributed by atoms with van der Waals surface area (Å²) in [5.74, 6) is -5.27. The van der Waals surface area contributed by atoms with Crippen molar-refractivity contribution in [2.24, 2.45) is 0 Å². The zero-order valence-electron chi connectivity index (χ0n) is 6.76. The number of benzene rings is 1. The molecule has 80 valence electrons. The zero-order chi connectivity index (χ0) is 11.7. The Hall–Kier alpha value is -1.63. The molecule has 1 aromatic carbocycles. The van der Waals surface area contributed by atoms with Crippen molar-refractivity contribution in [2.75, 3.05) is 0 Å². The molecule has 0 saturated carbocycles. The number of hydrogen-bond acceptors (Lipinski definition) is 3. The molecule has 0 aliphatic carbocycles. The fourth-order valence-electron chi connectivity index (χ4n) is 0.941. The molecule has 0 saturated heterocycles. The number of carbonyl (C=O) groups is 1. The first kappa shape index (κ1) is 11.4. The lowest BCUT2D eigenvalue weighted by Crippen LogP contribution is -2.06. The third kappa shape index (κ3) is 1.91. The molecule has 1 aromatic rings. The molecular formula is C7HClF3NO3. The Labute approximate surface area is 85.4 Å². The second-order valence-corrected chi connectivity index (χ2v) is 2.75. The Morgan fingerprint density at radius 3 is 2.27 bits per heavy atom. The van der Waals surface area contributed by atoms with Gasteiger partial charge < -0.3 is 0 Å². The van der Waals surface area contributed by atoms with Gasteiger partial charge in [-0.15, -0.1) is 0 Å². The highest BCUT2D eigenvalue weighted by Gasteiger charge is 2.31. The maximum Gasteiger partial charge on any atom is 0.322 e. The molecule has 0 heterocycles. The fraction of sp³-hybridized carbons (Fsp3) is 0. The highest BCUT2D eigenvalue weighted by Crippen LogP contribution is 2.28. The smallest absolute Gasteiger partial charge is 0.275 e. The van der Waals surface area contributed by atoms with E-state index in [1.807, 2.05) is 0 Å². The van der Waals surface area contributed by atoms with Crippen LogP contribution in [-0.2, 0) is 0 Å². The fourth-order valence-corrected chi connectivity index (χ4v) is 1.12. The van der Waals surface area contributed by atoms with Crippen molar-refractivity contribution in [2.45, 2.75) is 0 Å². The van der Waals surface area contributed by atoms with Crippen LogP contribution >= 0.6 is 11.6 Å². The Kier molecular flexibility index (Phi) is 2.94. The number of rotatable bonds is 2. The molecule has 0 radical (unpaired) electrons. The lowest BCUT2D eigenvalue weighted by Gasteiger charge is -2.01. The number of nitrogens with zero attached hydrogens (tertiary/aromatic N) is 1. The molecular weight excluding hydrogens is 239 g/mol. The Bertz CT molecular complexity index is 463. The highest BCUT2D eigenvalue weighted by atomic mass is 35.5. The topological polar surface area (TPSA) is 60.2 Å². The molecule has 15 heavy (non-hydrogen) atoms. The number of hydrogen-bond donors (Lipinski definition) is 0. The number of nitro benzene ring substituents is 1. The number of nitro groups is 1. The van der Waals surface area contributed by atoms with Crippen molar-refractivity contribution >= 4 is 22.5 Å². The monoisotopic (exact) mass is 239 g/mol. The Morgan fingerprint density at radius 1 is 1.33 bits per heavy atom. The van der Waals surface area contributed by atoms with Gasteiger partial charge in [0.15, 0.2) is 11.4 Å². The first-order valence-electron chi connectivity index (χ1n) is 3.38. The highest BCUT2D eigenvalue weighted by molar-refractivity contribution is 6.68. The predicted molar refractivity (Wildman–Crippen MR) is 43.2 cm³/mol. The molecule has 0 aromatic heterocycles. The average molecular weight is 240 g/mol. The first-order valence-corrected chi connectivity index (χ1v) is 3.75. The summed E-state index contributed by atoms with van der Waals surface area (Å²) in [4.78, 5) is 19.4. The maximum atomic E-state index is 12.9. The molecule has 0 aliphatic heterocycles. The van der Waals surface area contributed by atoms with E-state index in [2.05, 4.69) is 0 Å². The van der Waals surface area contributed by atoms with Crippen LogP contribution in [0.3, 0.4) is 0 Å². The van der Waals surface area contributed by atoms with Crippen molar-refractivity contribution in [3.8, 4) is 0 Å². The molecule has 0 bridgehead atoms. The molecule has 0 amide bonds. The van der Waals surface area contributed by atoms with Crippen LogP contribution < -0.4 is 0 Å². The normalized spacial score (nSPS) is 10.1. The summed E-state index contributed by atoms with van der Waals surface area (Å²) in [5.41, 5.74) is -2.90. The van der Waals surface area contributed by atoms with E-state index in [0.29, 0.717) is 0 Å². The van der Waals surface area contributed by atoms with Gasteiger partial charge in [0.2, 0.25) is 5.82 Å². The lowest BCUT2D eigenvalue weighted by atomic mass is 10.1. The average Bonchev–Trinajstić information content (AvgIpc) is 2.09. The van der Waals surface area contributed by atoms with Crippen LogP contribution in [0.2, 0.25) is 0 Å². The van der Waals surface area contributed by atoms with Gasteiger partial charge in [0.1, 0.15) is 5.82 Å². The molecule has 0 aliphatic rings. The second-order valence-electron chi connectivity index (χ2n) is 2.41. The SMILES string of the molecule is O=C(Cl)c1c(F)cc(F)c(F)c1[N+](=O)[O-]. The van der Waals surface area contributed by atoms with Gasteiger partial charge in [-0.25, -0.2) is 8.78 Å². The standard InChI is InChI=1S/C7HClF3NO3/c8-7(13)4-2(9)1-3(10)5(11)6(4)12(14)15/h1H. The molecule has 0 N–H and O–H groups in total. The van der Waals surface area contributed by atoms with E-state index >= 15 is 0 Å². The van der Waals surface area contributed by atoms with Crippen molar-refractivity contribution in [1.29, 1.82) is 0 Å². The van der Waals surface area contributed by atoms with Gasteiger partial charge in [-0.3, -0.25) is 14.9 Å². The predicted octanol–water partition coefficient (Wildman–Crippen LogP) is 2.39. The molecule has 8 heteroatoms. The van der Waals surface area contributed by atoms with Crippen LogP contribution in [0.4, 0.5) is 18.9 Å². The van der Waals surface area contributed by atoms with Gasteiger partial charge in [-0.05, 0) is 11.6 Å². The van der Waals surface area contributed by atoms with E-state index in [1.165, 1.54) is 0 Å². The van der Waals surface area contributed by atoms with E-state index in [1.54, 1.807) is 0 Å². The van der Waals surface area contributed by atoms with Crippen LogP contribution in [0, 0.1) is 27.6 Å². The van der Waals surface area contributed by atoms with Crippen LogP contribution in [0.1, 0.15) is 10.4 Å². The third-order valence-electron chi connectivity index (χ3n) is 1.53. The van der Waals surface area contributed by atoms with Crippen molar-refractivity contribution in [3.05, 3.63) is 39.2 Å². The number of halogens is 4. The van der Waals surface area contributed by atoms with Crippen LogP contribution in [0.5, 0.6) is 0 Å². The van der Waals surface area contributed by atoms with Gasteiger partial charge >= 0.3 is 5.69 Å². The summed E-state index contributed by atoms with van der Waals surface area (Å²) in [7, 11) is 0. The van der Waals surface area contributed by atoms with Crippen molar-refractivity contribution in [1.82, 2.24) is 0 Å². The minimum atomic E-state index is -1.93. The third-order valence-corrected chi connectivity index (χ3v) is 1.71. The Balaban J connectivity index is 3.69. The summed E-state index contributed by atoms with van der Waals surface area (Å²) < 4.78 is 38.3. The molecule has 0 unspecified atom stereocenters. The van der Waals surface area contributed by atoms with E-state index in [9.17, 15) is 28.1 Å². The van der Waals surface area contributed by atoms with E-state index in [-0.39, 0.29) is 6.07 Å². The molecule has 1 rings (SSSR count). The van der Waals surface area contributed by atoms with E-state index in [4.69, 9.17) is 11.6 Å². The molecule has 4 nitrogen and oxygen atoms in total. The maximum absolute atomic E-state index is 12.9. The van der Waals surface area contributed by atoms with Gasteiger partial charge in [-0.1, -0.05) is 0 Å². The number of carbonyl (C=O) groups excluding carboxylic acids is 1. The summed E-state index contributed by atoms with van der Waals surface area (Å²) >= 11 is 4.81. The summed E-state index contributed by atoms with van der Waals surface area (Å²) in [6, 6.07) is 0.0119. The minimum absolute atomic E-state index is 0.0119. The van der Waals surface area contributed by atoms with Gasteiger partial charge in [-0.2, -0.15) is 4.39 Å². The van der Waals surface area contributed by atoms with Crippen molar-refractivity contribution in [3.63, 3.8) is 0 Å². The summed E-state index contributed by atoms with van der Waals surface area (Å²) in [5, 5.41) is 8.70. The zero-order valence-corrected chi connectivity index (χ0v) is 7.52. The van der Waals surface area contributed by atoms with Gasteiger partial charge in [0.05, 0.1) is 4.92 Å². The lowest BCUT2D eigenvalue weighted by molar-refractivity contribution is -0.388. The van der Waals surface area contributed by atoms with Gasteiger partial charge in [0, 0.05) is 6.07 Å². The van der Waals surface area contributed by atoms with Crippen LogP contribution in [0.15, 0.2) is 6.07 Å². The second kappa shape index (κ2) is 3.85. The first-order chi connectivity index (χ1) is 6.86. The Morgan fingerprint density at radius 2 is 1.87 bits per heavy atom. The van der Waals surface area contributed by atoms with Crippen molar-refractivity contribution < 1.29 is 22.9 Å². The summed E-state index contributed by atoms with van der Waals surface area (Å²) in [6.45, 7) is 0. The van der Waals surface area contributed by atoms with E-state index in [0.717, 1.165) is 0 Å². The molecule has 0 atom stereocenters. The van der Waals surface area contributed by atoms with Crippen LogP contribution in [-0.4, -0.2) is 10.2 Å². The van der Waals surface area contributed by atoms with Gasteiger partial charge in [0.25, 0.3) is 5.24 Å². The molecule has 0 fully saturated rings. The molecule has 0 spiro atoms. The largest absolute Gasteiger partial charge is 0.322 e. The minimum Gasteiger partial charge on any atom is -0.275 e. The van der Waals surface area contributed by atoms with E-state index < -0.39 is 38.9 Å². The summed E-state index contributed by atoms with van der Waals surface area (Å²) in [6.07, 6.45) is 0. The van der Waals surface area contributed by atoms with Crippen LogP contribution in [0.25, 0.3) is 0 Å². The quantitative estimate of drug-likeness (QED) is 0.345.